The second-order valence-electron chi connectivity index (χ2n) is 6.79. The molecule has 0 amide bonds. The summed E-state index contributed by atoms with van der Waals surface area (Å²) in [5.74, 6) is 0.191. The third-order valence-corrected chi connectivity index (χ3v) is 4.51. The summed E-state index contributed by atoms with van der Waals surface area (Å²) in [6, 6.07) is 0. The van der Waals surface area contributed by atoms with E-state index < -0.39 is 11.7 Å². The van der Waals surface area contributed by atoms with Crippen LogP contribution in [0, 0.1) is 11.8 Å². The van der Waals surface area contributed by atoms with Crippen LogP contribution in [0.3, 0.4) is 0 Å². The Kier molecular flexibility index (Phi) is 6.88. The highest BCUT2D eigenvalue weighted by Crippen LogP contribution is 2.23. The lowest BCUT2D eigenvalue weighted by molar-refractivity contribution is -0.151. The number of cyclic esters (lactones) is 1. The van der Waals surface area contributed by atoms with Crippen LogP contribution in [-0.2, 0) is 9.53 Å². The van der Waals surface area contributed by atoms with E-state index in [9.17, 15) is 15.0 Å². The summed E-state index contributed by atoms with van der Waals surface area (Å²) in [5.41, 5.74) is -1.10. The largest absolute Gasteiger partial charge is 0.462 e. The minimum Gasteiger partial charge on any atom is -0.462 e. The fourth-order valence-corrected chi connectivity index (χ4v) is 2.48. The molecule has 0 saturated heterocycles. The number of carbonyl (C=O) groups is 1. The van der Waals surface area contributed by atoms with Gasteiger partial charge in [0.15, 0.2) is 0 Å². The van der Waals surface area contributed by atoms with Gasteiger partial charge in [0.05, 0.1) is 11.7 Å². The molecule has 0 aromatic rings. The highest BCUT2D eigenvalue weighted by molar-refractivity contribution is 5.69. The number of aliphatic hydroxyl groups excluding tert-OH is 1. The van der Waals surface area contributed by atoms with Crippen molar-refractivity contribution in [3.8, 4) is 0 Å². The highest BCUT2D eigenvalue weighted by Gasteiger charge is 2.23. The Morgan fingerprint density at radius 1 is 1.24 bits per heavy atom. The predicted octanol–water partition coefficient (Wildman–Crippen LogP) is 2.82. The summed E-state index contributed by atoms with van der Waals surface area (Å²) in [5, 5.41) is 20.3. The van der Waals surface area contributed by atoms with E-state index in [1.807, 2.05) is 13.8 Å². The molecule has 0 spiro atoms. The number of ether oxygens (including phenoxy) is 1. The van der Waals surface area contributed by atoms with Gasteiger partial charge in [-0.25, -0.2) is 0 Å². The summed E-state index contributed by atoms with van der Waals surface area (Å²) in [6.07, 6.45) is 5.94. The van der Waals surface area contributed by atoms with Crippen molar-refractivity contribution in [1.82, 2.24) is 0 Å². The van der Waals surface area contributed by atoms with Gasteiger partial charge in [0.1, 0.15) is 6.10 Å². The molecule has 1 aliphatic rings. The van der Waals surface area contributed by atoms with E-state index in [1.54, 1.807) is 19.1 Å². The lowest BCUT2D eigenvalue weighted by atomic mass is 9.91. The first-order valence-corrected chi connectivity index (χ1v) is 8.00. The zero-order valence-electron chi connectivity index (χ0n) is 13.7. The number of hydrogen-bond acceptors (Lipinski definition) is 4. The zero-order valence-corrected chi connectivity index (χ0v) is 13.7. The second kappa shape index (κ2) is 7.95. The smallest absolute Gasteiger partial charge is 0.306 e. The van der Waals surface area contributed by atoms with Gasteiger partial charge in [-0.3, -0.25) is 4.79 Å². The molecule has 0 aromatic heterocycles. The molecular formula is C17H30O4. The molecule has 4 heteroatoms. The lowest BCUT2D eigenvalue weighted by Gasteiger charge is -2.25. The maximum absolute atomic E-state index is 11.8. The van der Waals surface area contributed by atoms with Crippen LogP contribution in [0.1, 0.15) is 59.8 Å². The summed E-state index contributed by atoms with van der Waals surface area (Å²) in [6.45, 7) is 7.67. The average Bonchev–Trinajstić information content (AvgIpc) is 2.41. The second-order valence-corrected chi connectivity index (χ2v) is 6.79. The molecule has 0 saturated carbocycles. The van der Waals surface area contributed by atoms with E-state index in [-0.39, 0.29) is 24.4 Å². The van der Waals surface area contributed by atoms with Crippen LogP contribution in [0.5, 0.6) is 0 Å². The van der Waals surface area contributed by atoms with Crippen LogP contribution in [-0.4, -0.2) is 34.0 Å². The van der Waals surface area contributed by atoms with Crippen molar-refractivity contribution in [2.45, 2.75) is 77.6 Å². The van der Waals surface area contributed by atoms with Gasteiger partial charge in [0.25, 0.3) is 0 Å². The van der Waals surface area contributed by atoms with Crippen LogP contribution in [0.4, 0.5) is 0 Å². The minimum atomic E-state index is -1.10. The van der Waals surface area contributed by atoms with Gasteiger partial charge in [0.2, 0.25) is 0 Å². The van der Waals surface area contributed by atoms with Crippen molar-refractivity contribution in [2.75, 3.05) is 0 Å². The van der Waals surface area contributed by atoms with E-state index in [1.165, 1.54) is 0 Å². The third kappa shape index (κ3) is 6.62. The third-order valence-electron chi connectivity index (χ3n) is 4.51. The van der Waals surface area contributed by atoms with Crippen molar-refractivity contribution in [2.24, 2.45) is 11.8 Å². The molecule has 21 heavy (non-hydrogen) atoms. The summed E-state index contributed by atoms with van der Waals surface area (Å²) >= 11 is 0. The standard InChI is InChI=1S/C17H30O4/c1-12-6-5-7-13(2)15(18)8-10-17(4,20)11-9-16(19)21-14(12)3/h8,10,12-15,18,20H,5-7,9,11H2,1-4H3/t12-,13+,14+,15-,17+/m0/s1. The van der Waals surface area contributed by atoms with E-state index in [2.05, 4.69) is 6.92 Å². The Morgan fingerprint density at radius 2 is 1.86 bits per heavy atom. The van der Waals surface area contributed by atoms with Crippen LogP contribution in [0.15, 0.2) is 12.2 Å². The molecule has 4 nitrogen and oxygen atoms in total. The normalized spacial score (nSPS) is 40.4. The fourth-order valence-electron chi connectivity index (χ4n) is 2.48. The minimum absolute atomic E-state index is 0.110. The van der Waals surface area contributed by atoms with Crippen molar-refractivity contribution in [3.63, 3.8) is 0 Å². The molecule has 2 N–H and O–H groups in total. The molecule has 0 unspecified atom stereocenters. The first kappa shape index (κ1) is 18.2. The van der Waals surface area contributed by atoms with Crippen LogP contribution < -0.4 is 0 Å². The number of esters is 1. The molecule has 1 aliphatic heterocycles. The molecule has 0 aliphatic carbocycles. The Hall–Kier alpha value is -0.870. The predicted molar refractivity (Wildman–Crippen MR) is 82.7 cm³/mol. The monoisotopic (exact) mass is 298 g/mol. The maximum atomic E-state index is 11.8. The topological polar surface area (TPSA) is 66.8 Å². The lowest BCUT2D eigenvalue weighted by Crippen LogP contribution is -2.27. The summed E-state index contributed by atoms with van der Waals surface area (Å²) in [7, 11) is 0. The van der Waals surface area contributed by atoms with Gasteiger partial charge in [-0.2, -0.15) is 0 Å². The number of carbonyl (C=O) groups excluding carboxylic acids is 1. The number of hydrogen-bond donors (Lipinski definition) is 2. The molecule has 1 heterocycles. The number of aliphatic hydroxyl groups is 2. The molecule has 0 radical (unpaired) electrons. The Labute approximate surface area is 128 Å². The van der Waals surface area contributed by atoms with Crippen molar-refractivity contribution >= 4 is 5.97 Å². The van der Waals surface area contributed by atoms with Crippen LogP contribution in [0.2, 0.25) is 0 Å². The molecule has 0 fully saturated rings. The molecule has 0 aromatic carbocycles. The highest BCUT2D eigenvalue weighted by atomic mass is 16.5. The van der Waals surface area contributed by atoms with Gasteiger partial charge >= 0.3 is 5.97 Å². The van der Waals surface area contributed by atoms with Gasteiger partial charge in [-0.05, 0) is 44.9 Å². The summed E-state index contributed by atoms with van der Waals surface area (Å²) < 4.78 is 5.43. The maximum Gasteiger partial charge on any atom is 0.306 e. The number of rotatable bonds is 0. The fraction of sp³-hybridized carbons (Fsp3) is 0.824. The molecule has 5 atom stereocenters. The van der Waals surface area contributed by atoms with Gasteiger partial charge in [0, 0.05) is 6.42 Å². The zero-order chi connectivity index (χ0) is 16.0. The van der Waals surface area contributed by atoms with Crippen molar-refractivity contribution in [1.29, 1.82) is 0 Å². The van der Waals surface area contributed by atoms with Gasteiger partial charge in [-0.15, -0.1) is 0 Å². The molecule has 0 bridgehead atoms. The quantitative estimate of drug-likeness (QED) is 0.533. The van der Waals surface area contributed by atoms with E-state index >= 15 is 0 Å². The summed E-state index contributed by atoms with van der Waals surface area (Å²) in [4.78, 5) is 11.8. The van der Waals surface area contributed by atoms with E-state index in [0.717, 1.165) is 19.3 Å². The van der Waals surface area contributed by atoms with Crippen molar-refractivity contribution < 1.29 is 19.7 Å². The molecule has 1 rings (SSSR count). The average molecular weight is 298 g/mol. The van der Waals surface area contributed by atoms with E-state index in [0.29, 0.717) is 12.3 Å². The Morgan fingerprint density at radius 3 is 2.52 bits per heavy atom. The molecular weight excluding hydrogens is 268 g/mol. The molecule has 122 valence electrons. The Balaban J connectivity index is 2.78. The van der Waals surface area contributed by atoms with Crippen molar-refractivity contribution in [3.05, 3.63) is 12.2 Å². The van der Waals surface area contributed by atoms with Gasteiger partial charge in [-0.1, -0.05) is 32.4 Å². The van der Waals surface area contributed by atoms with Crippen LogP contribution in [0.25, 0.3) is 0 Å². The van der Waals surface area contributed by atoms with Gasteiger partial charge < -0.3 is 14.9 Å². The van der Waals surface area contributed by atoms with E-state index in [4.69, 9.17) is 4.74 Å². The SMILES string of the molecule is C[C@@H]1CCC[C@H](C)[C@@H](C)OC(=O)CC[C@](C)(O)C=C[C@@H]1O. The van der Waals surface area contributed by atoms with Crippen LogP contribution >= 0.6 is 0 Å². The first-order chi connectivity index (χ1) is 9.71. The Bertz CT molecular complexity index is 362. The first-order valence-electron chi connectivity index (χ1n) is 8.00.